The Balaban J connectivity index is 1.42. The number of hydrogen-bond acceptors (Lipinski definition) is 5. The van der Waals surface area contributed by atoms with E-state index < -0.39 is 0 Å². The van der Waals surface area contributed by atoms with Gasteiger partial charge in [-0.2, -0.15) is 0 Å². The highest BCUT2D eigenvalue weighted by Crippen LogP contribution is 2.23. The number of carbonyl (C=O) groups is 1. The molecule has 0 aliphatic carbocycles. The summed E-state index contributed by atoms with van der Waals surface area (Å²) in [6, 6.07) is 0.484. The molecule has 2 aliphatic heterocycles. The molecule has 0 radical (unpaired) electrons. The third kappa shape index (κ3) is 5.17. The number of nitrogens with zero attached hydrogens (tertiary/aromatic N) is 3. The maximum absolute atomic E-state index is 12.6. The van der Waals surface area contributed by atoms with Crippen molar-refractivity contribution in [2.24, 2.45) is 11.8 Å². The Morgan fingerprint density at radius 1 is 1.28 bits per heavy atom. The Bertz CT molecular complexity index is 558. The molecule has 3 rings (SSSR count). The number of thiazole rings is 1. The van der Waals surface area contributed by atoms with E-state index in [1.807, 2.05) is 0 Å². The predicted molar refractivity (Wildman–Crippen MR) is 104 cm³/mol. The zero-order valence-corrected chi connectivity index (χ0v) is 16.6. The number of hydrogen-bond donors (Lipinski definition) is 1. The fourth-order valence-electron chi connectivity index (χ4n) is 4.10. The molecule has 2 saturated heterocycles. The summed E-state index contributed by atoms with van der Waals surface area (Å²) in [6.07, 6.45) is 4.41. The summed E-state index contributed by atoms with van der Waals surface area (Å²) < 4.78 is 0. The molecule has 2 aliphatic rings. The van der Waals surface area contributed by atoms with Crippen LogP contribution in [0.4, 0.5) is 5.13 Å². The average molecular weight is 365 g/mol. The number of piperidine rings is 2. The van der Waals surface area contributed by atoms with Crippen molar-refractivity contribution in [3.63, 3.8) is 0 Å². The van der Waals surface area contributed by atoms with E-state index in [1.165, 1.54) is 12.1 Å². The number of aromatic nitrogens is 1. The van der Waals surface area contributed by atoms with Crippen molar-refractivity contribution in [3.05, 3.63) is 11.1 Å². The quantitative estimate of drug-likeness (QED) is 0.872. The second-order valence-electron chi connectivity index (χ2n) is 7.94. The van der Waals surface area contributed by atoms with Gasteiger partial charge in [0.25, 0.3) is 0 Å². The molecule has 1 N–H and O–H groups in total. The van der Waals surface area contributed by atoms with Crippen LogP contribution in [0.1, 0.15) is 45.7 Å². The first-order valence-electron chi connectivity index (χ1n) is 9.74. The maximum atomic E-state index is 12.6. The first-order chi connectivity index (χ1) is 12.0. The van der Waals surface area contributed by atoms with Crippen LogP contribution in [0.25, 0.3) is 0 Å². The molecule has 140 valence electrons. The number of nitrogens with one attached hydrogen (secondary N) is 1. The van der Waals surface area contributed by atoms with Crippen molar-refractivity contribution in [2.45, 2.75) is 52.5 Å². The van der Waals surface area contributed by atoms with Crippen LogP contribution in [0.3, 0.4) is 0 Å². The topological polar surface area (TPSA) is 48.5 Å². The summed E-state index contributed by atoms with van der Waals surface area (Å²) in [5, 5.41) is 6.75. The van der Waals surface area contributed by atoms with E-state index in [4.69, 9.17) is 0 Å². The third-order valence-electron chi connectivity index (χ3n) is 5.41. The standard InChI is InChI=1S/C19H32N4OS/c1-4-16-13-25-19(20-16)21-17-5-7-22(8-6-17)12-18(24)23-10-14(2)9-15(3)11-23/h13-15,17H,4-12H2,1-3H3,(H,20,21)/t14-,15-/m1/s1. The normalized spacial score (nSPS) is 26.0. The van der Waals surface area contributed by atoms with Crippen LogP contribution < -0.4 is 5.32 Å². The molecule has 1 aromatic heterocycles. The molecule has 25 heavy (non-hydrogen) atoms. The molecular weight excluding hydrogens is 332 g/mol. The Morgan fingerprint density at radius 2 is 1.96 bits per heavy atom. The van der Waals surface area contributed by atoms with Crippen molar-refractivity contribution in [1.82, 2.24) is 14.8 Å². The number of likely N-dealkylation sites (tertiary alicyclic amines) is 2. The summed E-state index contributed by atoms with van der Waals surface area (Å²) in [6.45, 7) is 11.1. The zero-order chi connectivity index (χ0) is 17.8. The largest absolute Gasteiger partial charge is 0.359 e. The van der Waals surface area contributed by atoms with Crippen molar-refractivity contribution in [3.8, 4) is 0 Å². The lowest BCUT2D eigenvalue weighted by molar-refractivity contribution is -0.135. The lowest BCUT2D eigenvalue weighted by Crippen LogP contribution is -2.49. The lowest BCUT2D eigenvalue weighted by atomic mass is 9.92. The van der Waals surface area contributed by atoms with E-state index in [9.17, 15) is 4.79 Å². The van der Waals surface area contributed by atoms with Gasteiger partial charge in [-0.3, -0.25) is 9.69 Å². The summed E-state index contributed by atoms with van der Waals surface area (Å²) in [5.41, 5.74) is 1.17. The van der Waals surface area contributed by atoms with Crippen molar-refractivity contribution in [2.75, 3.05) is 38.0 Å². The minimum Gasteiger partial charge on any atom is -0.359 e. The molecule has 1 aromatic rings. The van der Waals surface area contributed by atoms with Crippen LogP contribution in [0.15, 0.2) is 5.38 Å². The van der Waals surface area contributed by atoms with Crippen molar-refractivity contribution in [1.29, 1.82) is 0 Å². The molecule has 2 fully saturated rings. The van der Waals surface area contributed by atoms with Gasteiger partial charge < -0.3 is 10.2 Å². The zero-order valence-electron chi connectivity index (χ0n) is 15.8. The molecule has 0 aromatic carbocycles. The van der Waals surface area contributed by atoms with Crippen molar-refractivity contribution >= 4 is 22.4 Å². The third-order valence-corrected chi connectivity index (χ3v) is 6.23. The van der Waals surface area contributed by atoms with E-state index in [0.717, 1.165) is 50.6 Å². The monoisotopic (exact) mass is 364 g/mol. The van der Waals surface area contributed by atoms with Gasteiger partial charge in [0.2, 0.25) is 5.91 Å². The van der Waals surface area contributed by atoms with Gasteiger partial charge in [-0.05, 0) is 37.5 Å². The number of carbonyl (C=O) groups excluding carboxylic acids is 1. The first kappa shape index (κ1) is 18.6. The maximum Gasteiger partial charge on any atom is 0.236 e. The number of aryl methyl sites for hydroxylation is 1. The minimum absolute atomic E-state index is 0.317. The van der Waals surface area contributed by atoms with Crippen molar-refractivity contribution < 1.29 is 4.79 Å². The fourth-order valence-corrected chi connectivity index (χ4v) is 4.98. The number of amides is 1. The van der Waals surface area contributed by atoms with Gasteiger partial charge in [-0.25, -0.2) is 4.98 Å². The lowest BCUT2D eigenvalue weighted by Gasteiger charge is -2.37. The average Bonchev–Trinajstić information content (AvgIpc) is 3.03. The van der Waals surface area contributed by atoms with Crippen LogP contribution in [0.5, 0.6) is 0 Å². The molecule has 0 spiro atoms. The van der Waals surface area contributed by atoms with Crippen LogP contribution >= 0.6 is 11.3 Å². The SMILES string of the molecule is CCc1csc(NC2CCN(CC(=O)N3C[C@H](C)C[C@@H](C)C3)CC2)n1. The molecule has 0 bridgehead atoms. The molecule has 1 amide bonds. The Labute approximate surface area is 155 Å². The van der Waals surface area contributed by atoms with E-state index in [1.54, 1.807) is 11.3 Å². The minimum atomic E-state index is 0.317. The van der Waals surface area contributed by atoms with Gasteiger partial charge in [0.1, 0.15) is 0 Å². The van der Waals surface area contributed by atoms with Crippen LogP contribution in [0, 0.1) is 11.8 Å². The Morgan fingerprint density at radius 3 is 2.56 bits per heavy atom. The smallest absolute Gasteiger partial charge is 0.236 e. The van der Waals surface area contributed by atoms with E-state index >= 15 is 0 Å². The van der Waals surface area contributed by atoms with E-state index in [2.05, 4.69) is 46.3 Å². The van der Waals surface area contributed by atoms with Gasteiger partial charge in [-0.15, -0.1) is 11.3 Å². The molecule has 0 saturated carbocycles. The Hall–Kier alpha value is -1.14. The van der Waals surface area contributed by atoms with Gasteiger partial charge in [-0.1, -0.05) is 20.8 Å². The first-order valence-corrected chi connectivity index (χ1v) is 10.6. The van der Waals surface area contributed by atoms with Gasteiger partial charge >= 0.3 is 0 Å². The predicted octanol–water partition coefficient (Wildman–Crippen LogP) is 3.09. The Kier molecular flexibility index (Phi) is 6.34. The highest BCUT2D eigenvalue weighted by Gasteiger charge is 2.28. The summed E-state index contributed by atoms with van der Waals surface area (Å²) in [7, 11) is 0. The van der Waals surface area contributed by atoms with Gasteiger partial charge in [0, 0.05) is 37.6 Å². The van der Waals surface area contributed by atoms with Crippen LogP contribution in [-0.4, -0.2) is 59.5 Å². The number of anilines is 1. The molecule has 0 unspecified atom stereocenters. The summed E-state index contributed by atoms with van der Waals surface area (Å²) in [4.78, 5) is 21.6. The second-order valence-corrected chi connectivity index (χ2v) is 8.80. The fraction of sp³-hybridized carbons (Fsp3) is 0.789. The second kappa shape index (κ2) is 8.49. The van der Waals surface area contributed by atoms with E-state index in [0.29, 0.717) is 30.3 Å². The summed E-state index contributed by atoms with van der Waals surface area (Å²) >= 11 is 1.70. The van der Waals surface area contributed by atoms with Gasteiger partial charge in [0.15, 0.2) is 5.13 Å². The van der Waals surface area contributed by atoms with Crippen LogP contribution in [-0.2, 0) is 11.2 Å². The molecular formula is C19H32N4OS. The number of rotatable bonds is 5. The van der Waals surface area contributed by atoms with Crippen LogP contribution in [0.2, 0.25) is 0 Å². The van der Waals surface area contributed by atoms with E-state index in [-0.39, 0.29) is 0 Å². The highest BCUT2D eigenvalue weighted by molar-refractivity contribution is 7.13. The van der Waals surface area contributed by atoms with Gasteiger partial charge in [0.05, 0.1) is 12.2 Å². The molecule has 6 heteroatoms. The molecule has 5 nitrogen and oxygen atoms in total. The molecule has 3 heterocycles. The highest BCUT2D eigenvalue weighted by atomic mass is 32.1. The summed E-state index contributed by atoms with van der Waals surface area (Å²) in [5.74, 6) is 1.58. The molecule has 2 atom stereocenters.